The first-order valence-corrected chi connectivity index (χ1v) is 10.8. The number of hydrogen-bond donors (Lipinski definition) is 2. The summed E-state index contributed by atoms with van der Waals surface area (Å²) in [6.07, 6.45) is 0. The molecular weight excluding hydrogens is 435 g/mol. The molecule has 1 saturated heterocycles. The van der Waals surface area contributed by atoms with E-state index in [0.29, 0.717) is 24.5 Å². The van der Waals surface area contributed by atoms with E-state index in [1.54, 1.807) is 41.8 Å². The molecule has 166 valence electrons. The zero-order chi connectivity index (χ0) is 22.3. The maximum atomic E-state index is 13.0. The van der Waals surface area contributed by atoms with E-state index in [4.69, 9.17) is 9.47 Å². The van der Waals surface area contributed by atoms with E-state index in [1.165, 1.54) is 23.5 Å². The third-order valence-corrected chi connectivity index (χ3v) is 5.61. The highest BCUT2D eigenvalue weighted by Crippen LogP contribution is 2.21. The third kappa shape index (κ3) is 5.59. The first kappa shape index (κ1) is 21.7. The third-order valence-electron chi connectivity index (χ3n) is 4.71. The van der Waals surface area contributed by atoms with Crippen LogP contribution in [0.1, 0.15) is 26.4 Å². The Morgan fingerprint density at radius 1 is 1.09 bits per heavy atom. The van der Waals surface area contributed by atoms with Crippen LogP contribution in [0.15, 0.2) is 53.9 Å². The number of morpholine rings is 1. The Morgan fingerprint density at radius 3 is 2.62 bits per heavy atom. The molecule has 0 spiro atoms. The Kier molecular flexibility index (Phi) is 6.93. The highest BCUT2D eigenvalue weighted by atomic mass is 32.1. The number of carbonyl (C=O) groups excluding carboxylic acids is 2. The maximum Gasteiger partial charge on any atom is 0.289 e. The lowest BCUT2D eigenvalue weighted by Crippen LogP contribution is -2.41. The van der Waals surface area contributed by atoms with Crippen LogP contribution in [0.4, 0.5) is 9.52 Å². The Balaban J connectivity index is 1.30. The van der Waals surface area contributed by atoms with E-state index in [-0.39, 0.29) is 18.1 Å². The number of rotatable bonds is 6. The number of halogens is 1. The summed E-state index contributed by atoms with van der Waals surface area (Å²) in [4.78, 5) is 31.2. The second-order valence-electron chi connectivity index (χ2n) is 6.97. The second kappa shape index (κ2) is 10.2. The van der Waals surface area contributed by atoms with Crippen LogP contribution in [0.25, 0.3) is 0 Å². The predicted octanol–water partition coefficient (Wildman–Crippen LogP) is 2.77. The van der Waals surface area contributed by atoms with E-state index in [2.05, 4.69) is 20.7 Å². The van der Waals surface area contributed by atoms with Crippen molar-refractivity contribution in [2.75, 3.05) is 31.2 Å². The van der Waals surface area contributed by atoms with Gasteiger partial charge in [-0.3, -0.25) is 20.4 Å². The lowest BCUT2D eigenvalue weighted by Gasteiger charge is -2.25. The second-order valence-corrected chi connectivity index (χ2v) is 7.80. The van der Waals surface area contributed by atoms with Crippen molar-refractivity contribution in [3.8, 4) is 5.75 Å². The van der Waals surface area contributed by atoms with Gasteiger partial charge < -0.3 is 14.4 Å². The summed E-state index contributed by atoms with van der Waals surface area (Å²) in [5.74, 6) is -0.834. The van der Waals surface area contributed by atoms with Gasteiger partial charge in [0, 0.05) is 24.0 Å². The summed E-state index contributed by atoms with van der Waals surface area (Å²) in [6, 6.07) is 12.5. The maximum absolute atomic E-state index is 13.0. The fraction of sp³-hybridized carbons (Fsp3) is 0.227. The van der Waals surface area contributed by atoms with E-state index in [9.17, 15) is 14.0 Å². The smallest absolute Gasteiger partial charge is 0.289 e. The SMILES string of the molecule is O=C(NNC(=O)c1csc(N2CCOCC2)n1)c1cccc(OCc2ccc(F)cc2)c1. The Hall–Kier alpha value is -3.50. The number of thiazole rings is 1. The number of hydrazine groups is 1. The van der Waals surface area contributed by atoms with Gasteiger partial charge in [0.05, 0.1) is 13.2 Å². The normalized spacial score (nSPS) is 13.5. The molecule has 1 aliphatic heterocycles. The van der Waals surface area contributed by atoms with Crippen LogP contribution in [-0.2, 0) is 11.3 Å². The van der Waals surface area contributed by atoms with Gasteiger partial charge in [0.15, 0.2) is 5.13 Å². The molecule has 4 rings (SSSR count). The van der Waals surface area contributed by atoms with Gasteiger partial charge in [0.25, 0.3) is 11.8 Å². The van der Waals surface area contributed by atoms with Crippen LogP contribution in [0.5, 0.6) is 5.75 Å². The molecule has 10 heteroatoms. The first-order chi connectivity index (χ1) is 15.6. The molecule has 0 saturated carbocycles. The highest BCUT2D eigenvalue weighted by Gasteiger charge is 2.18. The minimum absolute atomic E-state index is 0.230. The van der Waals surface area contributed by atoms with E-state index >= 15 is 0 Å². The quantitative estimate of drug-likeness (QED) is 0.554. The first-order valence-electron chi connectivity index (χ1n) is 9.95. The summed E-state index contributed by atoms with van der Waals surface area (Å²) in [5.41, 5.74) is 6.11. The van der Waals surface area contributed by atoms with E-state index in [1.807, 2.05) is 0 Å². The summed E-state index contributed by atoms with van der Waals surface area (Å²) in [6.45, 7) is 2.95. The number of aromatic nitrogens is 1. The van der Waals surface area contributed by atoms with Crippen LogP contribution in [0.3, 0.4) is 0 Å². The molecule has 2 aromatic carbocycles. The Labute approximate surface area is 187 Å². The minimum Gasteiger partial charge on any atom is -0.489 e. The lowest BCUT2D eigenvalue weighted by atomic mass is 10.2. The summed E-state index contributed by atoms with van der Waals surface area (Å²) in [7, 11) is 0. The number of nitrogens with one attached hydrogen (secondary N) is 2. The van der Waals surface area contributed by atoms with Crippen LogP contribution in [0, 0.1) is 5.82 Å². The van der Waals surface area contributed by atoms with Gasteiger partial charge in [-0.2, -0.15) is 0 Å². The van der Waals surface area contributed by atoms with Crippen LogP contribution in [0.2, 0.25) is 0 Å². The molecule has 2 heterocycles. The average Bonchev–Trinajstić information content (AvgIpc) is 3.33. The standard InChI is InChI=1S/C22H21FN4O4S/c23-17-6-4-15(5-7-17)13-31-18-3-1-2-16(12-18)20(28)25-26-21(29)19-14-32-22(24-19)27-8-10-30-11-9-27/h1-7,12,14H,8-11,13H2,(H,25,28)(H,26,29). The van der Waals surface area contributed by atoms with E-state index < -0.39 is 11.8 Å². The predicted molar refractivity (Wildman–Crippen MR) is 117 cm³/mol. The molecule has 1 aliphatic rings. The van der Waals surface area contributed by atoms with Crippen molar-refractivity contribution >= 4 is 28.3 Å². The average molecular weight is 456 g/mol. The van der Waals surface area contributed by atoms with Gasteiger partial charge in [0.2, 0.25) is 0 Å². The molecule has 8 nitrogen and oxygen atoms in total. The van der Waals surface area contributed by atoms with Crippen molar-refractivity contribution in [1.82, 2.24) is 15.8 Å². The van der Waals surface area contributed by atoms with Gasteiger partial charge in [-0.25, -0.2) is 9.37 Å². The molecule has 2 amide bonds. The topological polar surface area (TPSA) is 92.8 Å². The number of hydrogen-bond acceptors (Lipinski definition) is 7. The van der Waals surface area contributed by atoms with Gasteiger partial charge in [0.1, 0.15) is 23.9 Å². The Morgan fingerprint density at radius 2 is 1.84 bits per heavy atom. The summed E-state index contributed by atoms with van der Waals surface area (Å²) >= 11 is 1.37. The molecule has 0 aliphatic carbocycles. The lowest BCUT2D eigenvalue weighted by molar-refractivity contribution is 0.0844. The number of benzene rings is 2. The van der Waals surface area contributed by atoms with E-state index in [0.717, 1.165) is 23.8 Å². The van der Waals surface area contributed by atoms with Crippen LogP contribution < -0.4 is 20.5 Å². The molecule has 3 aromatic rings. The molecule has 0 unspecified atom stereocenters. The number of nitrogens with zero attached hydrogens (tertiary/aromatic N) is 2. The molecule has 0 radical (unpaired) electrons. The van der Waals surface area contributed by atoms with Gasteiger partial charge in [-0.05, 0) is 35.9 Å². The number of ether oxygens (including phenoxy) is 2. The zero-order valence-corrected chi connectivity index (χ0v) is 17.9. The zero-order valence-electron chi connectivity index (χ0n) is 17.0. The number of anilines is 1. The van der Waals surface area contributed by atoms with Gasteiger partial charge in [-0.1, -0.05) is 18.2 Å². The van der Waals surface area contributed by atoms with Crippen molar-refractivity contribution in [2.45, 2.75) is 6.61 Å². The van der Waals surface area contributed by atoms with Gasteiger partial charge in [-0.15, -0.1) is 11.3 Å². The molecule has 1 aromatic heterocycles. The molecule has 2 N–H and O–H groups in total. The molecule has 0 atom stereocenters. The van der Waals surface area contributed by atoms with Crippen molar-refractivity contribution in [3.05, 3.63) is 76.5 Å². The number of amides is 2. The molecule has 1 fully saturated rings. The van der Waals surface area contributed by atoms with Crippen LogP contribution in [-0.4, -0.2) is 43.1 Å². The summed E-state index contributed by atoms with van der Waals surface area (Å²) in [5, 5.41) is 2.40. The molecule has 32 heavy (non-hydrogen) atoms. The number of carbonyl (C=O) groups is 2. The monoisotopic (exact) mass is 456 g/mol. The van der Waals surface area contributed by atoms with Crippen LogP contribution >= 0.6 is 11.3 Å². The van der Waals surface area contributed by atoms with Crippen molar-refractivity contribution in [2.24, 2.45) is 0 Å². The minimum atomic E-state index is -0.502. The summed E-state index contributed by atoms with van der Waals surface area (Å²) < 4.78 is 24.0. The van der Waals surface area contributed by atoms with Crippen molar-refractivity contribution in [1.29, 1.82) is 0 Å². The van der Waals surface area contributed by atoms with Gasteiger partial charge >= 0.3 is 0 Å². The fourth-order valence-electron chi connectivity index (χ4n) is 2.99. The molecule has 0 bridgehead atoms. The van der Waals surface area contributed by atoms with Crippen molar-refractivity contribution in [3.63, 3.8) is 0 Å². The molecular formula is C22H21FN4O4S. The van der Waals surface area contributed by atoms with Crippen molar-refractivity contribution < 1.29 is 23.5 Å². The highest BCUT2D eigenvalue weighted by molar-refractivity contribution is 7.13. The fourth-order valence-corrected chi connectivity index (χ4v) is 3.85. The Bertz CT molecular complexity index is 1080. The largest absolute Gasteiger partial charge is 0.489 e.